The van der Waals surface area contributed by atoms with E-state index in [0.29, 0.717) is 5.69 Å². The smallest absolute Gasteiger partial charge is 0.307 e. The Hall–Kier alpha value is -1.88. The van der Waals surface area contributed by atoms with Crippen LogP contribution in [-0.4, -0.2) is 24.1 Å². The lowest BCUT2D eigenvalue weighted by Crippen LogP contribution is -2.29. The van der Waals surface area contributed by atoms with Crippen molar-refractivity contribution in [1.29, 1.82) is 0 Å². The quantitative estimate of drug-likeness (QED) is 0.796. The van der Waals surface area contributed by atoms with E-state index in [1.54, 1.807) is 32.9 Å². The third-order valence-electron chi connectivity index (χ3n) is 2.78. The second-order valence-electron chi connectivity index (χ2n) is 5.75. The molecule has 5 heteroatoms. The second-order valence-corrected chi connectivity index (χ2v) is 5.75. The molecule has 0 aliphatic carbocycles. The van der Waals surface area contributed by atoms with Crippen molar-refractivity contribution in [2.24, 2.45) is 5.92 Å². The van der Waals surface area contributed by atoms with Crippen LogP contribution in [0.5, 0.6) is 0 Å². The summed E-state index contributed by atoms with van der Waals surface area (Å²) < 4.78 is 5.22. The Morgan fingerprint density at radius 1 is 1.35 bits per heavy atom. The first-order chi connectivity index (χ1) is 9.37. The fraction of sp³-hybridized carbons (Fsp3) is 0.467. The van der Waals surface area contributed by atoms with Crippen molar-refractivity contribution >= 4 is 17.6 Å². The molecule has 1 aromatic carbocycles. The van der Waals surface area contributed by atoms with E-state index in [0.717, 1.165) is 0 Å². The molecule has 20 heavy (non-hydrogen) atoms. The van der Waals surface area contributed by atoms with E-state index in [4.69, 9.17) is 9.57 Å². The summed E-state index contributed by atoms with van der Waals surface area (Å²) in [4.78, 5) is 29.3. The average Bonchev–Trinajstić information content (AvgIpc) is 2.70. The topological polar surface area (TPSA) is 55.8 Å². The molecule has 1 fully saturated rings. The highest BCUT2D eigenvalue weighted by molar-refractivity contribution is 5.96. The molecule has 5 nitrogen and oxygen atoms in total. The molecule has 1 atom stereocenters. The Kier molecular flexibility index (Phi) is 4.09. The molecule has 1 amide bonds. The number of amides is 1. The summed E-state index contributed by atoms with van der Waals surface area (Å²) in [6.45, 7) is 5.60. The Bertz CT molecular complexity index is 492. The fourth-order valence-electron chi connectivity index (χ4n) is 1.96. The normalized spacial score (nSPS) is 19.2. The van der Waals surface area contributed by atoms with Crippen molar-refractivity contribution in [1.82, 2.24) is 0 Å². The molecule has 0 unspecified atom stereocenters. The molecule has 0 radical (unpaired) electrons. The van der Waals surface area contributed by atoms with E-state index in [9.17, 15) is 9.59 Å². The molecule has 1 aromatic rings. The van der Waals surface area contributed by atoms with Crippen LogP contribution >= 0.6 is 0 Å². The Balaban J connectivity index is 1.97. The van der Waals surface area contributed by atoms with Crippen molar-refractivity contribution in [2.45, 2.75) is 32.8 Å². The maximum Gasteiger partial charge on any atom is 0.307 e. The molecule has 1 aliphatic rings. The summed E-state index contributed by atoms with van der Waals surface area (Å²) >= 11 is 0. The zero-order valence-corrected chi connectivity index (χ0v) is 12.0. The first kappa shape index (κ1) is 14.5. The third kappa shape index (κ3) is 3.57. The predicted molar refractivity (Wildman–Crippen MR) is 73.8 cm³/mol. The third-order valence-corrected chi connectivity index (χ3v) is 2.78. The predicted octanol–water partition coefficient (Wildman–Crippen LogP) is 2.31. The summed E-state index contributed by atoms with van der Waals surface area (Å²) in [5.74, 6) is -1.07. The Labute approximate surface area is 118 Å². The highest BCUT2D eigenvalue weighted by Gasteiger charge is 2.36. The molecule has 0 aromatic heterocycles. The van der Waals surface area contributed by atoms with Gasteiger partial charge in [0.15, 0.2) is 0 Å². The van der Waals surface area contributed by atoms with Crippen molar-refractivity contribution in [3.8, 4) is 0 Å². The minimum Gasteiger partial charge on any atom is -0.460 e. The summed E-state index contributed by atoms with van der Waals surface area (Å²) in [5, 5.41) is 1.25. The number of anilines is 1. The van der Waals surface area contributed by atoms with Gasteiger partial charge in [-0.25, -0.2) is 0 Å². The number of esters is 1. The Morgan fingerprint density at radius 3 is 2.60 bits per heavy atom. The molecular weight excluding hydrogens is 258 g/mol. The van der Waals surface area contributed by atoms with Crippen molar-refractivity contribution in [2.75, 3.05) is 11.7 Å². The van der Waals surface area contributed by atoms with Gasteiger partial charge in [-0.3, -0.25) is 14.4 Å². The van der Waals surface area contributed by atoms with Gasteiger partial charge in [0, 0.05) is 0 Å². The van der Waals surface area contributed by atoms with Crippen LogP contribution in [0, 0.1) is 5.92 Å². The first-order valence-electron chi connectivity index (χ1n) is 6.60. The summed E-state index contributed by atoms with van der Waals surface area (Å²) in [7, 11) is 0. The second kappa shape index (κ2) is 5.63. The van der Waals surface area contributed by atoms with Crippen LogP contribution in [0.25, 0.3) is 0 Å². The monoisotopic (exact) mass is 277 g/mol. The average molecular weight is 277 g/mol. The van der Waals surface area contributed by atoms with Gasteiger partial charge in [0.2, 0.25) is 0 Å². The van der Waals surface area contributed by atoms with Crippen LogP contribution in [-0.2, 0) is 19.2 Å². The van der Waals surface area contributed by atoms with Crippen LogP contribution in [0.4, 0.5) is 5.69 Å². The molecule has 0 N–H and O–H groups in total. The standard InChI is InChI=1S/C15H19NO4/c1-15(2,3)20-13(17)9-11-10-19-16(14(11)18)12-7-5-4-6-8-12/h4-8,11H,9-10H2,1-3H3/t11-/m1/s1. The zero-order chi connectivity index (χ0) is 14.8. The molecule has 0 spiro atoms. The fourth-order valence-corrected chi connectivity index (χ4v) is 1.96. The number of ether oxygens (including phenoxy) is 1. The maximum atomic E-state index is 12.2. The van der Waals surface area contributed by atoms with Gasteiger partial charge in [-0.15, -0.1) is 0 Å². The van der Waals surface area contributed by atoms with Gasteiger partial charge >= 0.3 is 5.97 Å². The lowest BCUT2D eigenvalue weighted by molar-refractivity contribution is -0.156. The summed E-state index contributed by atoms with van der Waals surface area (Å²) in [6, 6.07) is 9.09. The number of hydrogen-bond acceptors (Lipinski definition) is 4. The lowest BCUT2D eigenvalue weighted by Gasteiger charge is -2.20. The summed E-state index contributed by atoms with van der Waals surface area (Å²) in [6.07, 6.45) is 0.0411. The number of rotatable bonds is 3. The van der Waals surface area contributed by atoms with Crippen LogP contribution < -0.4 is 5.06 Å². The van der Waals surface area contributed by atoms with E-state index in [-0.39, 0.29) is 24.9 Å². The number of benzene rings is 1. The van der Waals surface area contributed by atoms with Gasteiger partial charge < -0.3 is 4.74 Å². The van der Waals surface area contributed by atoms with E-state index in [1.807, 2.05) is 18.2 Å². The highest BCUT2D eigenvalue weighted by atomic mass is 16.7. The molecular formula is C15H19NO4. The first-order valence-corrected chi connectivity index (χ1v) is 6.60. The molecule has 2 rings (SSSR count). The summed E-state index contributed by atoms with van der Waals surface area (Å²) in [5.41, 5.74) is 0.128. The molecule has 1 saturated heterocycles. The van der Waals surface area contributed by atoms with Gasteiger partial charge in [0.1, 0.15) is 5.60 Å². The van der Waals surface area contributed by atoms with E-state index in [2.05, 4.69) is 0 Å². The minimum absolute atomic E-state index is 0.0411. The SMILES string of the molecule is CC(C)(C)OC(=O)C[C@@H]1CON(c2ccccc2)C1=O. The van der Waals surface area contributed by atoms with Gasteiger partial charge in [-0.05, 0) is 32.9 Å². The number of carbonyl (C=O) groups is 2. The van der Waals surface area contributed by atoms with E-state index in [1.165, 1.54) is 5.06 Å². The molecule has 1 aliphatic heterocycles. The van der Waals surface area contributed by atoms with Gasteiger partial charge in [0.25, 0.3) is 5.91 Å². The molecule has 0 bridgehead atoms. The largest absolute Gasteiger partial charge is 0.460 e. The number of hydrogen-bond donors (Lipinski definition) is 0. The van der Waals surface area contributed by atoms with Gasteiger partial charge in [0.05, 0.1) is 24.6 Å². The number of carbonyl (C=O) groups excluding carboxylic acids is 2. The molecule has 1 heterocycles. The minimum atomic E-state index is -0.543. The molecule has 108 valence electrons. The van der Waals surface area contributed by atoms with Crippen molar-refractivity contribution in [3.63, 3.8) is 0 Å². The lowest BCUT2D eigenvalue weighted by atomic mass is 10.1. The van der Waals surface area contributed by atoms with Crippen LogP contribution in [0.2, 0.25) is 0 Å². The highest BCUT2D eigenvalue weighted by Crippen LogP contribution is 2.25. The maximum absolute atomic E-state index is 12.2. The zero-order valence-electron chi connectivity index (χ0n) is 12.0. The van der Waals surface area contributed by atoms with E-state index < -0.39 is 11.5 Å². The number of nitrogens with zero attached hydrogens (tertiary/aromatic N) is 1. The van der Waals surface area contributed by atoms with Gasteiger partial charge in [-0.2, -0.15) is 5.06 Å². The van der Waals surface area contributed by atoms with Crippen LogP contribution in [0.1, 0.15) is 27.2 Å². The Morgan fingerprint density at radius 2 is 2.00 bits per heavy atom. The van der Waals surface area contributed by atoms with Crippen LogP contribution in [0.15, 0.2) is 30.3 Å². The van der Waals surface area contributed by atoms with Crippen molar-refractivity contribution in [3.05, 3.63) is 30.3 Å². The van der Waals surface area contributed by atoms with Crippen LogP contribution in [0.3, 0.4) is 0 Å². The molecule has 0 saturated carbocycles. The van der Waals surface area contributed by atoms with Crippen molar-refractivity contribution < 1.29 is 19.2 Å². The van der Waals surface area contributed by atoms with Gasteiger partial charge in [-0.1, -0.05) is 18.2 Å². The number of para-hydroxylation sites is 1. The van der Waals surface area contributed by atoms with E-state index >= 15 is 0 Å². The number of hydroxylamine groups is 1.